The van der Waals surface area contributed by atoms with Crippen molar-refractivity contribution in [2.75, 3.05) is 38.1 Å². The Balaban J connectivity index is 1.92. The molecule has 1 fully saturated rings. The average Bonchev–Trinajstić information content (AvgIpc) is 2.76. The predicted molar refractivity (Wildman–Crippen MR) is 116 cm³/mol. The first-order valence-electron chi connectivity index (χ1n) is 10.7. The van der Waals surface area contributed by atoms with E-state index >= 15 is 0 Å². The zero-order valence-electron chi connectivity index (χ0n) is 18.4. The number of hydrogen-bond donors (Lipinski definition) is 3. The van der Waals surface area contributed by atoms with Gasteiger partial charge in [0, 0.05) is 30.9 Å². The van der Waals surface area contributed by atoms with Gasteiger partial charge in [-0.15, -0.1) is 0 Å². The highest BCUT2D eigenvalue weighted by Gasteiger charge is 2.35. The van der Waals surface area contributed by atoms with Gasteiger partial charge in [-0.1, -0.05) is 20.8 Å². The summed E-state index contributed by atoms with van der Waals surface area (Å²) < 4.78 is 5.16. The quantitative estimate of drug-likeness (QED) is 0.478. The minimum absolute atomic E-state index is 0.0355. The van der Waals surface area contributed by atoms with Gasteiger partial charge >= 0.3 is 5.97 Å². The van der Waals surface area contributed by atoms with Crippen LogP contribution in [0.5, 0.6) is 0 Å². The van der Waals surface area contributed by atoms with Crippen LogP contribution < -0.4 is 16.0 Å². The topological polar surface area (TPSA) is 117 Å². The molecule has 31 heavy (non-hydrogen) atoms. The van der Waals surface area contributed by atoms with Crippen LogP contribution in [-0.4, -0.2) is 67.4 Å². The van der Waals surface area contributed by atoms with Crippen LogP contribution in [0.4, 0.5) is 5.69 Å². The van der Waals surface area contributed by atoms with Gasteiger partial charge in [0.1, 0.15) is 6.04 Å². The van der Waals surface area contributed by atoms with Crippen LogP contribution in [0.15, 0.2) is 24.3 Å². The molecule has 3 amide bonds. The number of nitrogens with zero attached hydrogens (tertiary/aromatic N) is 1. The van der Waals surface area contributed by atoms with E-state index in [1.807, 2.05) is 20.8 Å². The number of amides is 3. The molecule has 1 saturated heterocycles. The molecule has 0 radical (unpaired) electrons. The minimum Gasteiger partial charge on any atom is -0.465 e. The number of piperazine rings is 1. The number of carbonyl (C=O) groups excluding carboxylic acids is 4. The normalized spacial score (nSPS) is 15.9. The Morgan fingerprint density at radius 3 is 2.58 bits per heavy atom. The van der Waals surface area contributed by atoms with Crippen molar-refractivity contribution in [3.05, 3.63) is 29.8 Å². The van der Waals surface area contributed by atoms with Crippen molar-refractivity contribution in [1.82, 2.24) is 15.5 Å². The molecule has 3 N–H and O–H groups in total. The van der Waals surface area contributed by atoms with Gasteiger partial charge in [0.2, 0.25) is 11.8 Å². The summed E-state index contributed by atoms with van der Waals surface area (Å²) >= 11 is 0. The summed E-state index contributed by atoms with van der Waals surface area (Å²) in [7, 11) is 0. The summed E-state index contributed by atoms with van der Waals surface area (Å²) in [6.45, 7) is 7.34. The van der Waals surface area contributed by atoms with E-state index in [1.165, 1.54) is 4.90 Å². The fraction of sp³-hybridized carbons (Fsp3) is 0.545. The molecule has 1 heterocycles. The highest BCUT2D eigenvalue weighted by Crippen LogP contribution is 2.13. The van der Waals surface area contributed by atoms with Crippen LogP contribution in [0.25, 0.3) is 0 Å². The third kappa shape index (κ3) is 7.58. The number of carbonyl (C=O) groups is 4. The van der Waals surface area contributed by atoms with Gasteiger partial charge in [-0.2, -0.15) is 0 Å². The van der Waals surface area contributed by atoms with Crippen LogP contribution in [0.3, 0.4) is 0 Å². The molecule has 170 valence electrons. The van der Waals surface area contributed by atoms with E-state index in [2.05, 4.69) is 16.0 Å². The number of hydrogen-bond acceptors (Lipinski definition) is 6. The SMILES string of the molecule is CCCNC(=O)c1ccc(NCC(=O)N2CCNC(=O)C2CC(=O)OCC(C)C)cc1. The van der Waals surface area contributed by atoms with Crippen molar-refractivity contribution in [1.29, 1.82) is 0 Å². The van der Waals surface area contributed by atoms with Gasteiger partial charge in [0.25, 0.3) is 5.91 Å². The van der Waals surface area contributed by atoms with Crippen LogP contribution in [0.1, 0.15) is 44.0 Å². The Bertz CT molecular complexity index is 779. The Labute approximate surface area is 182 Å². The van der Waals surface area contributed by atoms with E-state index in [-0.39, 0.29) is 43.2 Å². The van der Waals surface area contributed by atoms with E-state index in [9.17, 15) is 19.2 Å². The number of esters is 1. The maximum absolute atomic E-state index is 12.7. The maximum atomic E-state index is 12.7. The molecule has 0 aromatic heterocycles. The molecule has 0 saturated carbocycles. The molecule has 0 spiro atoms. The molecule has 9 nitrogen and oxygen atoms in total. The Kier molecular flexibility index (Phi) is 9.30. The average molecular weight is 433 g/mol. The number of benzene rings is 1. The molecule has 1 aromatic rings. The Hall–Kier alpha value is -3.10. The van der Waals surface area contributed by atoms with Crippen LogP contribution in [-0.2, 0) is 19.1 Å². The monoisotopic (exact) mass is 432 g/mol. The van der Waals surface area contributed by atoms with E-state index in [4.69, 9.17) is 4.74 Å². The summed E-state index contributed by atoms with van der Waals surface area (Å²) in [5.41, 5.74) is 1.22. The van der Waals surface area contributed by atoms with Crippen LogP contribution in [0, 0.1) is 5.92 Å². The fourth-order valence-electron chi connectivity index (χ4n) is 3.05. The molecule has 1 aliphatic rings. The molecule has 2 rings (SSSR count). The molecule has 0 aliphatic carbocycles. The highest BCUT2D eigenvalue weighted by atomic mass is 16.5. The summed E-state index contributed by atoms with van der Waals surface area (Å²) in [6.07, 6.45) is 0.685. The molecule has 1 aliphatic heterocycles. The van der Waals surface area contributed by atoms with Crippen molar-refractivity contribution in [3.63, 3.8) is 0 Å². The molecule has 1 atom stereocenters. The number of anilines is 1. The number of rotatable bonds is 10. The maximum Gasteiger partial charge on any atom is 0.308 e. The second kappa shape index (κ2) is 11.9. The summed E-state index contributed by atoms with van der Waals surface area (Å²) in [4.78, 5) is 50.4. The first-order chi connectivity index (χ1) is 14.8. The molecular weight excluding hydrogens is 400 g/mol. The summed E-state index contributed by atoms with van der Waals surface area (Å²) in [5, 5.41) is 8.51. The number of nitrogens with one attached hydrogen (secondary N) is 3. The van der Waals surface area contributed by atoms with Gasteiger partial charge < -0.3 is 25.6 Å². The molecule has 1 aromatic carbocycles. The van der Waals surface area contributed by atoms with E-state index in [0.29, 0.717) is 30.9 Å². The zero-order valence-corrected chi connectivity index (χ0v) is 18.4. The van der Waals surface area contributed by atoms with Gasteiger partial charge in [-0.3, -0.25) is 19.2 Å². The lowest BCUT2D eigenvalue weighted by Gasteiger charge is -2.34. The minimum atomic E-state index is -0.882. The second-order valence-corrected chi connectivity index (χ2v) is 7.86. The molecule has 0 bridgehead atoms. The third-order valence-electron chi connectivity index (χ3n) is 4.72. The van der Waals surface area contributed by atoms with Gasteiger partial charge in [0.05, 0.1) is 19.6 Å². The van der Waals surface area contributed by atoms with E-state index in [0.717, 1.165) is 6.42 Å². The van der Waals surface area contributed by atoms with Crippen LogP contribution in [0.2, 0.25) is 0 Å². The summed E-state index contributed by atoms with van der Waals surface area (Å²) in [5.74, 6) is -1.10. The van der Waals surface area contributed by atoms with Crippen LogP contribution >= 0.6 is 0 Å². The van der Waals surface area contributed by atoms with Crippen molar-refractivity contribution in [2.24, 2.45) is 5.92 Å². The van der Waals surface area contributed by atoms with Crippen molar-refractivity contribution in [3.8, 4) is 0 Å². The predicted octanol–water partition coefficient (Wildman–Crippen LogP) is 1.15. The molecule has 9 heteroatoms. The van der Waals surface area contributed by atoms with E-state index < -0.39 is 12.0 Å². The largest absolute Gasteiger partial charge is 0.465 e. The smallest absolute Gasteiger partial charge is 0.308 e. The highest BCUT2D eigenvalue weighted by molar-refractivity contribution is 5.95. The first-order valence-corrected chi connectivity index (χ1v) is 10.7. The summed E-state index contributed by atoms with van der Waals surface area (Å²) in [6, 6.07) is 5.92. The fourth-order valence-corrected chi connectivity index (χ4v) is 3.05. The third-order valence-corrected chi connectivity index (χ3v) is 4.72. The Morgan fingerprint density at radius 1 is 1.23 bits per heavy atom. The molecule has 1 unspecified atom stereocenters. The molecular formula is C22H32N4O5. The second-order valence-electron chi connectivity index (χ2n) is 7.86. The van der Waals surface area contributed by atoms with Gasteiger partial charge in [-0.25, -0.2) is 0 Å². The van der Waals surface area contributed by atoms with E-state index in [1.54, 1.807) is 24.3 Å². The zero-order chi connectivity index (χ0) is 22.8. The Morgan fingerprint density at radius 2 is 1.94 bits per heavy atom. The van der Waals surface area contributed by atoms with Gasteiger partial charge in [-0.05, 0) is 36.6 Å². The first kappa shape index (κ1) is 24.2. The van der Waals surface area contributed by atoms with Crippen molar-refractivity contribution >= 4 is 29.4 Å². The van der Waals surface area contributed by atoms with Crippen molar-refractivity contribution < 1.29 is 23.9 Å². The lowest BCUT2D eigenvalue weighted by molar-refractivity contribution is -0.152. The standard InChI is InChI=1S/C22H32N4O5/c1-4-9-23-21(29)16-5-7-17(8-6-16)25-13-19(27)26-11-10-24-22(30)18(26)12-20(28)31-14-15(2)3/h5-8,15,18,25H,4,9-14H2,1-3H3,(H,23,29)(H,24,30). The van der Waals surface area contributed by atoms with Gasteiger partial charge in [0.15, 0.2) is 0 Å². The number of ether oxygens (including phenoxy) is 1. The van der Waals surface area contributed by atoms with Crippen molar-refractivity contribution in [2.45, 2.75) is 39.7 Å². The lowest BCUT2D eigenvalue weighted by Crippen LogP contribution is -2.58. The lowest BCUT2D eigenvalue weighted by atomic mass is 10.1.